The molecule has 1 aliphatic carbocycles. The van der Waals surface area contributed by atoms with Gasteiger partial charge in [-0.1, -0.05) is 0 Å². The van der Waals surface area contributed by atoms with Crippen LogP contribution in [0.4, 0.5) is 5.69 Å². The average Bonchev–Trinajstić information content (AvgIpc) is 2.82. The molecule has 4 rings (SSSR count). The van der Waals surface area contributed by atoms with Crippen LogP contribution in [0, 0.1) is 0 Å². The SMILES string of the molecule is Nc1ccc2c(c1)C(=O)c1cc3c(cc1C2=O)CC(=O)O3. The lowest BCUT2D eigenvalue weighted by molar-refractivity contribution is -0.131. The fourth-order valence-electron chi connectivity index (χ4n) is 2.79. The second-order valence-electron chi connectivity index (χ2n) is 5.12. The zero-order valence-electron chi connectivity index (χ0n) is 10.8. The molecule has 0 unspecified atom stereocenters. The minimum atomic E-state index is -0.381. The van der Waals surface area contributed by atoms with Crippen molar-refractivity contribution >= 4 is 23.2 Å². The summed E-state index contributed by atoms with van der Waals surface area (Å²) < 4.78 is 5.04. The number of hydrogen-bond donors (Lipinski definition) is 1. The monoisotopic (exact) mass is 279 g/mol. The van der Waals surface area contributed by atoms with Gasteiger partial charge in [0.1, 0.15) is 5.75 Å². The number of nitrogens with two attached hydrogens (primary N) is 1. The number of nitrogen functional groups attached to an aromatic ring is 1. The van der Waals surface area contributed by atoms with Gasteiger partial charge < -0.3 is 10.5 Å². The Morgan fingerprint density at radius 2 is 1.52 bits per heavy atom. The molecule has 0 radical (unpaired) electrons. The summed E-state index contributed by atoms with van der Waals surface area (Å²) in [5, 5.41) is 0. The zero-order valence-corrected chi connectivity index (χ0v) is 10.8. The zero-order chi connectivity index (χ0) is 14.7. The van der Waals surface area contributed by atoms with Crippen LogP contribution >= 0.6 is 0 Å². The Hall–Kier alpha value is -2.95. The molecule has 0 fully saturated rings. The molecule has 0 aromatic heterocycles. The van der Waals surface area contributed by atoms with Crippen molar-refractivity contribution in [1.29, 1.82) is 0 Å². The summed E-state index contributed by atoms with van der Waals surface area (Å²) in [6.45, 7) is 0. The summed E-state index contributed by atoms with van der Waals surface area (Å²) >= 11 is 0. The van der Waals surface area contributed by atoms with Crippen LogP contribution in [-0.4, -0.2) is 17.5 Å². The minimum Gasteiger partial charge on any atom is -0.426 e. The second-order valence-corrected chi connectivity index (χ2v) is 5.12. The molecular weight excluding hydrogens is 270 g/mol. The van der Waals surface area contributed by atoms with E-state index < -0.39 is 0 Å². The third kappa shape index (κ3) is 1.54. The Balaban J connectivity index is 1.97. The molecular formula is C16H9NO4. The Morgan fingerprint density at radius 3 is 2.33 bits per heavy atom. The van der Waals surface area contributed by atoms with Crippen LogP contribution in [-0.2, 0) is 11.2 Å². The lowest BCUT2D eigenvalue weighted by atomic mass is 9.83. The molecule has 1 heterocycles. The van der Waals surface area contributed by atoms with E-state index in [-0.39, 0.29) is 35.1 Å². The van der Waals surface area contributed by atoms with E-state index in [1.54, 1.807) is 18.2 Å². The first-order valence-corrected chi connectivity index (χ1v) is 6.41. The third-order valence-corrected chi connectivity index (χ3v) is 3.78. The van der Waals surface area contributed by atoms with E-state index in [0.29, 0.717) is 28.1 Å². The lowest BCUT2D eigenvalue weighted by Crippen LogP contribution is -2.21. The fraction of sp³-hybridized carbons (Fsp3) is 0.0625. The van der Waals surface area contributed by atoms with Crippen LogP contribution in [0.3, 0.4) is 0 Å². The van der Waals surface area contributed by atoms with Crippen molar-refractivity contribution in [1.82, 2.24) is 0 Å². The van der Waals surface area contributed by atoms with Crippen molar-refractivity contribution in [2.45, 2.75) is 6.42 Å². The number of benzene rings is 2. The van der Waals surface area contributed by atoms with Gasteiger partial charge in [0.05, 0.1) is 6.42 Å². The van der Waals surface area contributed by atoms with Gasteiger partial charge in [0.15, 0.2) is 11.6 Å². The van der Waals surface area contributed by atoms with Gasteiger partial charge in [-0.3, -0.25) is 14.4 Å². The number of rotatable bonds is 0. The van der Waals surface area contributed by atoms with E-state index >= 15 is 0 Å². The molecule has 21 heavy (non-hydrogen) atoms. The van der Waals surface area contributed by atoms with E-state index in [1.807, 2.05) is 0 Å². The molecule has 0 saturated heterocycles. The molecule has 0 amide bonds. The Kier molecular flexibility index (Phi) is 2.14. The molecule has 0 saturated carbocycles. The maximum absolute atomic E-state index is 12.5. The highest BCUT2D eigenvalue weighted by molar-refractivity contribution is 6.29. The number of anilines is 1. The Bertz CT molecular complexity index is 867. The Labute approximate surface area is 119 Å². The maximum Gasteiger partial charge on any atom is 0.315 e. The highest BCUT2D eigenvalue weighted by Crippen LogP contribution is 2.35. The van der Waals surface area contributed by atoms with Gasteiger partial charge in [-0.05, 0) is 30.3 Å². The van der Waals surface area contributed by atoms with E-state index in [2.05, 4.69) is 0 Å². The van der Waals surface area contributed by atoms with Crippen LogP contribution in [0.5, 0.6) is 5.75 Å². The molecule has 1 aliphatic heterocycles. The number of carbonyl (C=O) groups is 3. The van der Waals surface area contributed by atoms with Gasteiger partial charge >= 0.3 is 5.97 Å². The van der Waals surface area contributed by atoms with E-state index in [9.17, 15) is 14.4 Å². The molecule has 2 aliphatic rings. The van der Waals surface area contributed by atoms with Crippen LogP contribution in [0.25, 0.3) is 0 Å². The lowest BCUT2D eigenvalue weighted by Gasteiger charge is -2.18. The highest BCUT2D eigenvalue weighted by Gasteiger charge is 2.33. The minimum absolute atomic E-state index is 0.124. The van der Waals surface area contributed by atoms with E-state index in [1.165, 1.54) is 12.1 Å². The molecule has 5 nitrogen and oxygen atoms in total. The highest BCUT2D eigenvalue weighted by atomic mass is 16.5. The first-order valence-electron chi connectivity index (χ1n) is 6.41. The standard InChI is InChI=1S/C16H9NO4/c17-8-1-2-9-11(5-8)16(20)12-6-13-7(4-14(18)21-13)3-10(12)15(9)19/h1-3,5-6H,4,17H2. The molecule has 0 bridgehead atoms. The normalized spacial score (nSPS) is 15.3. The van der Waals surface area contributed by atoms with Gasteiger partial charge in [-0.2, -0.15) is 0 Å². The second kappa shape index (κ2) is 3.79. The number of fused-ring (bicyclic) bond motifs is 3. The molecule has 0 spiro atoms. The van der Waals surface area contributed by atoms with Gasteiger partial charge in [0, 0.05) is 33.5 Å². The maximum atomic E-state index is 12.5. The Morgan fingerprint density at radius 1 is 0.857 bits per heavy atom. The summed E-state index contributed by atoms with van der Waals surface area (Å²) in [7, 11) is 0. The summed E-state index contributed by atoms with van der Waals surface area (Å²) in [5.41, 5.74) is 7.94. The molecule has 0 atom stereocenters. The first-order chi connectivity index (χ1) is 10.0. The van der Waals surface area contributed by atoms with Crippen LogP contribution < -0.4 is 10.5 Å². The summed E-state index contributed by atoms with van der Waals surface area (Å²) in [4.78, 5) is 36.4. The van der Waals surface area contributed by atoms with Crippen molar-refractivity contribution in [3.63, 3.8) is 0 Å². The van der Waals surface area contributed by atoms with Gasteiger partial charge in [-0.15, -0.1) is 0 Å². The van der Waals surface area contributed by atoms with E-state index in [4.69, 9.17) is 10.5 Å². The van der Waals surface area contributed by atoms with Crippen molar-refractivity contribution in [2.75, 3.05) is 5.73 Å². The predicted molar refractivity (Wildman–Crippen MR) is 73.5 cm³/mol. The van der Waals surface area contributed by atoms with Crippen LogP contribution in [0.15, 0.2) is 30.3 Å². The number of carbonyl (C=O) groups excluding carboxylic acids is 3. The largest absolute Gasteiger partial charge is 0.426 e. The molecule has 2 aromatic rings. The molecule has 5 heteroatoms. The number of ether oxygens (including phenoxy) is 1. The van der Waals surface area contributed by atoms with Crippen molar-refractivity contribution in [3.8, 4) is 5.75 Å². The van der Waals surface area contributed by atoms with Crippen LogP contribution in [0.2, 0.25) is 0 Å². The van der Waals surface area contributed by atoms with Crippen LogP contribution in [0.1, 0.15) is 37.4 Å². The molecule has 102 valence electrons. The smallest absolute Gasteiger partial charge is 0.315 e. The molecule has 2 aromatic carbocycles. The number of hydrogen-bond acceptors (Lipinski definition) is 5. The molecule has 2 N–H and O–H groups in total. The van der Waals surface area contributed by atoms with Crippen molar-refractivity contribution in [2.24, 2.45) is 0 Å². The quantitative estimate of drug-likeness (QED) is 0.383. The fourth-order valence-corrected chi connectivity index (χ4v) is 2.79. The topological polar surface area (TPSA) is 86.5 Å². The van der Waals surface area contributed by atoms with Crippen molar-refractivity contribution < 1.29 is 19.1 Å². The number of ketones is 2. The van der Waals surface area contributed by atoms with Gasteiger partial charge in [0.25, 0.3) is 0 Å². The predicted octanol–water partition coefficient (Wildman–Crippen LogP) is 1.51. The summed E-state index contributed by atoms with van der Waals surface area (Å²) in [6, 6.07) is 7.70. The van der Waals surface area contributed by atoms with E-state index in [0.717, 1.165) is 0 Å². The first kappa shape index (κ1) is 11.8. The van der Waals surface area contributed by atoms with Crippen molar-refractivity contribution in [3.05, 3.63) is 58.1 Å². The average molecular weight is 279 g/mol. The van der Waals surface area contributed by atoms with Gasteiger partial charge in [0.2, 0.25) is 0 Å². The van der Waals surface area contributed by atoms with Gasteiger partial charge in [-0.25, -0.2) is 0 Å². The summed E-state index contributed by atoms with van der Waals surface area (Å²) in [5.74, 6) is -0.541. The third-order valence-electron chi connectivity index (χ3n) is 3.78. The summed E-state index contributed by atoms with van der Waals surface area (Å²) in [6.07, 6.45) is 0.124. The number of esters is 1.